The molecule has 2 atom stereocenters. The fourth-order valence-corrected chi connectivity index (χ4v) is 4.31. The van der Waals surface area contributed by atoms with E-state index in [0.717, 1.165) is 25.7 Å². The normalized spacial score (nSPS) is 14.3. The Morgan fingerprint density at radius 3 is 1.23 bits per heavy atom. The number of hydrogen-bond acceptors (Lipinski definition) is 2. The highest BCUT2D eigenvalue weighted by Crippen LogP contribution is 2.22. The van der Waals surface area contributed by atoms with Crippen molar-refractivity contribution in [3.63, 3.8) is 0 Å². The monoisotopic (exact) mass is 447 g/mol. The first-order chi connectivity index (χ1) is 14.0. The van der Waals surface area contributed by atoms with Gasteiger partial charge in [-0.05, 0) is 19.8 Å². The molecule has 0 rings (SSSR count). The third-order valence-corrected chi connectivity index (χ3v) is 6.66. The van der Waals surface area contributed by atoms with E-state index in [1.54, 1.807) is 0 Å². The summed E-state index contributed by atoms with van der Waals surface area (Å²) in [5, 5.41) is 10.5. The van der Waals surface area contributed by atoms with Crippen LogP contribution in [0.1, 0.15) is 162 Å². The Labute approximate surface area is 197 Å². The van der Waals surface area contributed by atoms with Gasteiger partial charge in [0.05, 0.1) is 6.10 Å². The summed E-state index contributed by atoms with van der Waals surface area (Å²) in [4.78, 5) is 0. The third-order valence-electron chi connectivity index (χ3n) is 6.66. The Morgan fingerprint density at radius 1 is 0.567 bits per heavy atom. The lowest BCUT2D eigenvalue weighted by Crippen LogP contribution is -2.48. The van der Waals surface area contributed by atoms with Crippen LogP contribution in [0.5, 0.6) is 0 Å². The van der Waals surface area contributed by atoms with Crippen LogP contribution < -0.4 is 5.73 Å². The van der Waals surface area contributed by atoms with E-state index in [1.165, 1.54) is 116 Å². The highest BCUT2D eigenvalue weighted by molar-refractivity contribution is 5.85. The topological polar surface area (TPSA) is 46.2 Å². The van der Waals surface area contributed by atoms with Crippen molar-refractivity contribution < 1.29 is 5.11 Å². The van der Waals surface area contributed by atoms with Gasteiger partial charge in [-0.3, -0.25) is 0 Å². The molecule has 0 aromatic rings. The van der Waals surface area contributed by atoms with E-state index >= 15 is 0 Å². The number of nitrogens with two attached hydrogens (primary N) is 1. The van der Waals surface area contributed by atoms with Gasteiger partial charge in [0.15, 0.2) is 0 Å². The lowest BCUT2D eigenvalue weighted by molar-refractivity contribution is 0.0763. The Morgan fingerprint density at radius 2 is 0.867 bits per heavy atom. The minimum Gasteiger partial charge on any atom is -0.391 e. The Hall–Kier alpha value is 0.210. The molecule has 3 heteroatoms. The number of halogens is 1. The van der Waals surface area contributed by atoms with Crippen LogP contribution in [0.25, 0.3) is 0 Å². The van der Waals surface area contributed by atoms with Crippen molar-refractivity contribution in [1.82, 2.24) is 0 Å². The van der Waals surface area contributed by atoms with E-state index in [9.17, 15) is 5.11 Å². The molecular formula is C27H58ClNO. The highest BCUT2D eigenvalue weighted by Gasteiger charge is 2.27. The van der Waals surface area contributed by atoms with Gasteiger partial charge >= 0.3 is 0 Å². The molecule has 0 saturated heterocycles. The van der Waals surface area contributed by atoms with Crippen LogP contribution in [-0.4, -0.2) is 16.7 Å². The van der Waals surface area contributed by atoms with E-state index in [0.29, 0.717) is 0 Å². The van der Waals surface area contributed by atoms with Crippen molar-refractivity contribution >= 4 is 12.4 Å². The van der Waals surface area contributed by atoms with Gasteiger partial charge < -0.3 is 10.8 Å². The number of rotatable bonds is 23. The average molecular weight is 448 g/mol. The fraction of sp³-hybridized carbons (Fsp3) is 1.00. The zero-order valence-corrected chi connectivity index (χ0v) is 21.9. The van der Waals surface area contributed by atoms with Crippen LogP contribution in [0.2, 0.25) is 0 Å². The van der Waals surface area contributed by atoms with Gasteiger partial charge in [-0.1, -0.05) is 142 Å². The van der Waals surface area contributed by atoms with Gasteiger partial charge in [-0.25, -0.2) is 0 Å². The lowest BCUT2D eigenvalue weighted by atomic mass is 9.86. The first kappa shape index (κ1) is 32.4. The van der Waals surface area contributed by atoms with E-state index in [2.05, 4.69) is 20.8 Å². The van der Waals surface area contributed by atoms with Crippen molar-refractivity contribution in [2.45, 2.75) is 174 Å². The maximum atomic E-state index is 10.5. The average Bonchev–Trinajstić information content (AvgIpc) is 2.70. The van der Waals surface area contributed by atoms with Crippen molar-refractivity contribution in [3.05, 3.63) is 0 Å². The largest absolute Gasteiger partial charge is 0.391 e. The second-order valence-corrected chi connectivity index (χ2v) is 9.92. The number of aliphatic hydroxyl groups excluding tert-OH is 1. The Bertz CT molecular complexity index is 322. The third kappa shape index (κ3) is 21.4. The van der Waals surface area contributed by atoms with Crippen molar-refractivity contribution in [2.24, 2.45) is 5.73 Å². The van der Waals surface area contributed by atoms with Crippen LogP contribution in [0, 0.1) is 0 Å². The molecule has 0 aliphatic rings. The summed E-state index contributed by atoms with van der Waals surface area (Å²) in [5.41, 5.74) is 6.04. The maximum Gasteiger partial charge on any atom is 0.0716 e. The molecule has 0 aromatic heterocycles. The summed E-state index contributed by atoms with van der Waals surface area (Å²) in [5.74, 6) is 0. The molecular weight excluding hydrogens is 390 g/mol. The summed E-state index contributed by atoms with van der Waals surface area (Å²) < 4.78 is 0. The maximum absolute atomic E-state index is 10.5. The Kier molecular flexibility index (Phi) is 25.8. The molecule has 184 valence electrons. The summed E-state index contributed by atoms with van der Waals surface area (Å²) >= 11 is 0. The summed E-state index contributed by atoms with van der Waals surface area (Å²) in [6, 6.07) is 0. The van der Waals surface area contributed by atoms with Crippen LogP contribution in [0.3, 0.4) is 0 Å². The SMILES string of the molecule is CCCCCCCCCCCCC(O)C(C)(N)CCCCCCCCCCCC.Cl. The second-order valence-electron chi connectivity index (χ2n) is 9.92. The molecule has 0 bridgehead atoms. The molecule has 0 spiro atoms. The van der Waals surface area contributed by atoms with E-state index < -0.39 is 5.54 Å². The predicted octanol–water partition coefficient (Wildman–Crippen LogP) is 9.11. The van der Waals surface area contributed by atoms with Gasteiger partial charge in [-0.15, -0.1) is 12.4 Å². The molecule has 30 heavy (non-hydrogen) atoms. The summed E-state index contributed by atoms with van der Waals surface area (Å²) in [6.07, 6.45) is 28.4. The van der Waals surface area contributed by atoms with Gasteiger partial charge in [0.2, 0.25) is 0 Å². The Balaban J connectivity index is 0. The van der Waals surface area contributed by atoms with Crippen LogP contribution >= 0.6 is 12.4 Å². The summed E-state index contributed by atoms with van der Waals surface area (Å²) in [6.45, 7) is 6.61. The number of hydrogen-bond donors (Lipinski definition) is 2. The zero-order valence-electron chi connectivity index (χ0n) is 21.1. The molecule has 0 aliphatic heterocycles. The molecule has 0 radical (unpaired) electrons. The van der Waals surface area contributed by atoms with E-state index in [1.807, 2.05) is 0 Å². The first-order valence-corrected chi connectivity index (χ1v) is 13.5. The molecule has 3 N–H and O–H groups in total. The van der Waals surface area contributed by atoms with Crippen molar-refractivity contribution in [3.8, 4) is 0 Å². The molecule has 0 heterocycles. The fourth-order valence-electron chi connectivity index (χ4n) is 4.31. The highest BCUT2D eigenvalue weighted by atomic mass is 35.5. The van der Waals surface area contributed by atoms with Gasteiger partial charge in [-0.2, -0.15) is 0 Å². The first-order valence-electron chi connectivity index (χ1n) is 13.5. The molecule has 0 amide bonds. The summed E-state index contributed by atoms with van der Waals surface area (Å²) in [7, 11) is 0. The second kappa shape index (κ2) is 23.9. The molecule has 2 unspecified atom stereocenters. The van der Waals surface area contributed by atoms with Crippen LogP contribution in [-0.2, 0) is 0 Å². The van der Waals surface area contributed by atoms with Crippen LogP contribution in [0.4, 0.5) is 0 Å². The van der Waals surface area contributed by atoms with Gasteiger partial charge in [0.1, 0.15) is 0 Å². The molecule has 0 aromatic carbocycles. The van der Waals surface area contributed by atoms with E-state index in [-0.39, 0.29) is 18.5 Å². The minimum absolute atomic E-state index is 0. The minimum atomic E-state index is -0.403. The molecule has 0 aliphatic carbocycles. The quantitative estimate of drug-likeness (QED) is 0.153. The standard InChI is InChI=1S/C27H57NO.ClH/c1-4-6-8-10-12-14-16-18-20-22-24-26(29)27(3,28)25-23-21-19-17-15-13-11-9-7-5-2;/h26,29H,4-25,28H2,1-3H3;1H. The smallest absolute Gasteiger partial charge is 0.0716 e. The number of unbranched alkanes of at least 4 members (excludes halogenated alkanes) is 18. The van der Waals surface area contributed by atoms with Gasteiger partial charge in [0.25, 0.3) is 0 Å². The van der Waals surface area contributed by atoms with Crippen molar-refractivity contribution in [1.29, 1.82) is 0 Å². The zero-order chi connectivity index (χ0) is 21.6. The van der Waals surface area contributed by atoms with E-state index in [4.69, 9.17) is 5.73 Å². The number of aliphatic hydroxyl groups is 1. The lowest BCUT2D eigenvalue weighted by Gasteiger charge is -2.30. The van der Waals surface area contributed by atoms with Crippen molar-refractivity contribution in [2.75, 3.05) is 0 Å². The predicted molar refractivity (Wildman–Crippen MR) is 139 cm³/mol. The molecule has 2 nitrogen and oxygen atoms in total. The molecule has 0 saturated carbocycles. The molecule has 0 fully saturated rings. The van der Waals surface area contributed by atoms with Crippen LogP contribution in [0.15, 0.2) is 0 Å². The van der Waals surface area contributed by atoms with Gasteiger partial charge in [0, 0.05) is 5.54 Å².